The largest absolute Gasteiger partial charge is 0.488 e. The van der Waals surface area contributed by atoms with Gasteiger partial charge in [-0.2, -0.15) is 0 Å². The van der Waals surface area contributed by atoms with Gasteiger partial charge < -0.3 is 14.8 Å². The Bertz CT molecular complexity index is 1330. The van der Waals surface area contributed by atoms with Gasteiger partial charge in [0, 0.05) is 5.56 Å². The summed E-state index contributed by atoms with van der Waals surface area (Å²) in [6.45, 7) is 11.9. The maximum absolute atomic E-state index is 13.4. The minimum atomic E-state index is -0.525. The molecular formula is C31H35FN2O4. The van der Waals surface area contributed by atoms with E-state index in [-0.39, 0.29) is 41.5 Å². The zero-order valence-electron chi connectivity index (χ0n) is 22.9. The quantitative estimate of drug-likeness (QED) is 0.346. The summed E-state index contributed by atoms with van der Waals surface area (Å²) in [5.41, 5.74) is 3.66. The number of ether oxygens (including phenoxy) is 2. The topological polar surface area (TPSA) is 77.5 Å². The van der Waals surface area contributed by atoms with Crippen molar-refractivity contribution in [1.29, 1.82) is 0 Å². The lowest BCUT2D eigenvalue weighted by molar-refractivity contribution is 0.0525. The van der Waals surface area contributed by atoms with E-state index >= 15 is 0 Å². The standard InChI is InChI=1S/C31H35FN2O4/c1-7-37-30(36)25-23(17-10-19-8-13-21(32)14-9-19)33-28-26(29(35)34-27(28)18(2)3)24(25)20-11-15-22(16-12-20)38-31(4,5)6/h8-9,11-16,18,27H,7,10,17H2,1-6H3,(H,34,35). The molecule has 7 heteroatoms. The summed E-state index contributed by atoms with van der Waals surface area (Å²) in [5, 5.41) is 3.06. The number of amides is 1. The first kappa shape index (κ1) is 27.3. The van der Waals surface area contributed by atoms with Gasteiger partial charge in [0.25, 0.3) is 5.91 Å². The molecule has 38 heavy (non-hydrogen) atoms. The van der Waals surface area contributed by atoms with Crippen LogP contribution in [0.15, 0.2) is 48.5 Å². The van der Waals surface area contributed by atoms with Crippen molar-refractivity contribution in [2.75, 3.05) is 6.61 Å². The van der Waals surface area contributed by atoms with Crippen molar-refractivity contribution in [3.05, 3.63) is 82.4 Å². The van der Waals surface area contributed by atoms with Crippen LogP contribution < -0.4 is 10.1 Å². The molecule has 0 aliphatic carbocycles. The third-order valence-electron chi connectivity index (χ3n) is 6.39. The average Bonchev–Trinajstić information content (AvgIpc) is 3.19. The van der Waals surface area contributed by atoms with Gasteiger partial charge >= 0.3 is 5.97 Å². The monoisotopic (exact) mass is 518 g/mol. The number of carbonyl (C=O) groups is 2. The van der Waals surface area contributed by atoms with Crippen molar-refractivity contribution in [1.82, 2.24) is 10.3 Å². The van der Waals surface area contributed by atoms with Crippen molar-refractivity contribution in [3.8, 4) is 16.9 Å². The van der Waals surface area contributed by atoms with Gasteiger partial charge in [0.15, 0.2) is 0 Å². The minimum Gasteiger partial charge on any atom is -0.488 e. The Kier molecular flexibility index (Phi) is 7.86. The van der Waals surface area contributed by atoms with Crippen LogP contribution in [-0.2, 0) is 17.6 Å². The zero-order chi connectivity index (χ0) is 27.6. The number of halogens is 1. The van der Waals surface area contributed by atoms with Crippen LogP contribution in [0.25, 0.3) is 11.1 Å². The molecule has 6 nitrogen and oxygen atoms in total. The Morgan fingerprint density at radius 3 is 2.26 bits per heavy atom. The molecule has 4 rings (SSSR count). The summed E-state index contributed by atoms with van der Waals surface area (Å²) < 4.78 is 24.9. The molecule has 1 amide bonds. The van der Waals surface area contributed by atoms with Crippen molar-refractivity contribution >= 4 is 11.9 Å². The predicted molar refractivity (Wildman–Crippen MR) is 145 cm³/mol. The van der Waals surface area contributed by atoms with Gasteiger partial charge in [-0.1, -0.05) is 38.1 Å². The second-order valence-electron chi connectivity index (χ2n) is 10.8. The highest BCUT2D eigenvalue weighted by Crippen LogP contribution is 2.40. The molecule has 200 valence electrons. The first-order valence-corrected chi connectivity index (χ1v) is 13.1. The molecule has 3 aromatic rings. The summed E-state index contributed by atoms with van der Waals surface area (Å²) in [6.07, 6.45) is 0.967. The van der Waals surface area contributed by atoms with Crippen molar-refractivity contribution < 1.29 is 23.5 Å². The number of esters is 1. The number of nitrogens with zero attached hydrogens (tertiary/aromatic N) is 1. The third-order valence-corrected chi connectivity index (χ3v) is 6.39. The maximum atomic E-state index is 13.4. The number of aryl methyl sites for hydroxylation is 2. The third kappa shape index (κ3) is 5.87. The van der Waals surface area contributed by atoms with Gasteiger partial charge in [0.2, 0.25) is 0 Å². The molecule has 2 heterocycles. The fourth-order valence-corrected chi connectivity index (χ4v) is 4.72. The van der Waals surface area contributed by atoms with Crippen molar-refractivity contribution in [3.63, 3.8) is 0 Å². The lowest BCUT2D eigenvalue weighted by Crippen LogP contribution is -2.23. The van der Waals surface area contributed by atoms with Crippen LogP contribution in [0.3, 0.4) is 0 Å². The number of carbonyl (C=O) groups excluding carboxylic acids is 2. The molecule has 0 saturated heterocycles. The van der Waals surface area contributed by atoms with Gasteiger partial charge in [-0.25, -0.2) is 9.18 Å². The SMILES string of the molecule is CCOC(=O)c1c(CCc2ccc(F)cc2)nc2c(c1-c1ccc(OC(C)(C)C)cc1)C(=O)NC2C(C)C. The molecule has 1 N–H and O–H groups in total. The second kappa shape index (κ2) is 10.9. The van der Waals surface area contributed by atoms with Crippen molar-refractivity contribution in [2.24, 2.45) is 5.92 Å². The molecule has 1 aliphatic rings. The van der Waals surface area contributed by atoms with Crippen LogP contribution in [-0.4, -0.2) is 29.1 Å². The molecule has 0 spiro atoms. The van der Waals surface area contributed by atoms with Gasteiger partial charge in [0.1, 0.15) is 17.2 Å². The lowest BCUT2D eigenvalue weighted by Gasteiger charge is -2.22. The van der Waals surface area contributed by atoms with Gasteiger partial charge in [-0.05, 0) is 81.8 Å². The van der Waals surface area contributed by atoms with E-state index in [0.717, 1.165) is 5.56 Å². The average molecular weight is 519 g/mol. The summed E-state index contributed by atoms with van der Waals surface area (Å²) >= 11 is 0. The number of benzene rings is 2. The molecular weight excluding hydrogens is 483 g/mol. The Hall–Kier alpha value is -3.74. The number of hydrogen-bond acceptors (Lipinski definition) is 5. The maximum Gasteiger partial charge on any atom is 0.340 e. The first-order valence-electron chi connectivity index (χ1n) is 13.1. The highest BCUT2D eigenvalue weighted by atomic mass is 19.1. The molecule has 0 fully saturated rings. The number of nitrogens with one attached hydrogen (secondary N) is 1. The van der Waals surface area contributed by atoms with Crippen LogP contribution >= 0.6 is 0 Å². The summed E-state index contributed by atoms with van der Waals surface area (Å²) in [5.74, 6) is -0.302. The fraction of sp³-hybridized carbons (Fsp3) is 0.387. The predicted octanol–water partition coefficient (Wildman–Crippen LogP) is 6.47. The number of rotatable bonds is 8. The smallest absolute Gasteiger partial charge is 0.340 e. The van der Waals surface area contributed by atoms with E-state index in [1.165, 1.54) is 12.1 Å². The van der Waals surface area contributed by atoms with Crippen LogP contribution in [0.1, 0.15) is 85.3 Å². The molecule has 0 radical (unpaired) electrons. The van der Waals surface area contributed by atoms with E-state index in [2.05, 4.69) is 5.32 Å². The van der Waals surface area contributed by atoms with Crippen LogP contribution in [0, 0.1) is 11.7 Å². The molecule has 1 aromatic heterocycles. The normalized spacial score (nSPS) is 14.8. The van der Waals surface area contributed by atoms with E-state index in [9.17, 15) is 14.0 Å². The summed E-state index contributed by atoms with van der Waals surface area (Å²) in [7, 11) is 0. The lowest BCUT2D eigenvalue weighted by atomic mass is 9.89. The summed E-state index contributed by atoms with van der Waals surface area (Å²) in [6, 6.07) is 13.4. The first-order chi connectivity index (χ1) is 18.0. The Morgan fingerprint density at radius 2 is 1.68 bits per heavy atom. The van der Waals surface area contributed by atoms with E-state index in [4.69, 9.17) is 14.5 Å². The summed E-state index contributed by atoms with van der Waals surface area (Å²) in [4.78, 5) is 31.7. The van der Waals surface area contributed by atoms with Gasteiger partial charge in [0.05, 0.1) is 35.2 Å². The van der Waals surface area contributed by atoms with E-state index in [1.807, 2.05) is 58.9 Å². The van der Waals surface area contributed by atoms with Gasteiger partial charge in [-0.3, -0.25) is 9.78 Å². The highest BCUT2D eigenvalue weighted by molar-refractivity contribution is 6.10. The Labute approximate surface area is 223 Å². The zero-order valence-corrected chi connectivity index (χ0v) is 22.9. The molecule has 1 atom stereocenters. The Morgan fingerprint density at radius 1 is 1.03 bits per heavy atom. The second-order valence-corrected chi connectivity index (χ2v) is 10.8. The minimum absolute atomic E-state index is 0.0986. The number of hydrogen-bond donors (Lipinski definition) is 1. The molecule has 1 unspecified atom stereocenters. The number of aromatic nitrogens is 1. The molecule has 0 saturated carbocycles. The van der Waals surface area contributed by atoms with Crippen LogP contribution in [0.4, 0.5) is 4.39 Å². The van der Waals surface area contributed by atoms with Gasteiger partial charge in [-0.15, -0.1) is 0 Å². The van der Waals surface area contributed by atoms with Crippen LogP contribution in [0.2, 0.25) is 0 Å². The molecule has 2 aromatic carbocycles. The fourth-order valence-electron chi connectivity index (χ4n) is 4.72. The van der Waals surface area contributed by atoms with Crippen molar-refractivity contribution in [2.45, 2.75) is 66.0 Å². The highest BCUT2D eigenvalue weighted by Gasteiger charge is 2.38. The number of fused-ring (bicyclic) bond motifs is 1. The molecule has 0 bridgehead atoms. The Balaban J connectivity index is 1.90. The van der Waals surface area contributed by atoms with E-state index in [1.54, 1.807) is 19.1 Å². The van der Waals surface area contributed by atoms with E-state index in [0.29, 0.717) is 46.7 Å². The number of pyridine rings is 1. The molecule has 1 aliphatic heterocycles. The van der Waals surface area contributed by atoms with Crippen LogP contribution in [0.5, 0.6) is 5.75 Å². The van der Waals surface area contributed by atoms with E-state index < -0.39 is 5.97 Å².